The van der Waals surface area contributed by atoms with Crippen LogP contribution >= 0.6 is 11.8 Å². The zero-order chi connectivity index (χ0) is 14.5. The van der Waals surface area contributed by atoms with Gasteiger partial charge in [0.15, 0.2) is 0 Å². The lowest BCUT2D eigenvalue weighted by Gasteiger charge is -2.14. The number of thioether (sulfide) groups is 1. The first kappa shape index (κ1) is 14.7. The monoisotopic (exact) mass is 288 g/mol. The van der Waals surface area contributed by atoms with E-state index in [-0.39, 0.29) is 0 Å². The topological polar surface area (TPSA) is 34.1 Å². The van der Waals surface area contributed by atoms with Crippen LogP contribution in [0.25, 0.3) is 0 Å². The normalized spacial score (nSPS) is 10.4. The molecule has 1 aromatic heterocycles. The first-order valence-electron chi connectivity index (χ1n) is 6.53. The number of hydrogen-bond acceptors (Lipinski definition) is 4. The fourth-order valence-electron chi connectivity index (χ4n) is 2.22. The van der Waals surface area contributed by atoms with Gasteiger partial charge in [-0.05, 0) is 32.2 Å². The molecule has 2 aromatic rings. The number of nitrogens with one attached hydrogen (secondary N) is 1. The average molecular weight is 288 g/mol. The van der Waals surface area contributed by atoms with Crippen molar-refractivity contribution in [2.24, 2.45) is 0 Å². The van der Waals surface area contributed by atoms with E-state index in [1.165, 1.54) is 4.90 Å². The van der Waals surface area contributed by atoms with Crippen molar-refractivity contribution in [2.75, 3.05) is 18.7 Å². The summed E-state index contributed by atoms with van der Waals surface area (Å²) in [5.41, 5.74) is 4.32. The summed E-state index contributed by atoms with van der Waals surface area (Å²) in [4.78, 5) is 5.75. The summed E-state index contributed by atoms with van der Waals surface area (Å²) in [7, 11) is 1.70. The van der Waals surface area contributed by atoms with Gasteiger partial charge >= 0.3 is 0 Å². The van der Waals surface area contributed by atoms with Crippen molar-refractivity contribution in [3.8, 4) is 5.75 Å². The van der Waals surface area contributed by atoms with E-state index in [1.807, 2.05) is 19.2 Å². The maximum Gasteiger partial charge on any atom is 0.128 e. The van der Waals surface area contributed by atoms with Crippen molar-refractivity contribution in [1.82, 2.24) is 4.98 Å². The molecule has 0 spiro atoms. The Hall–Kier alpha value is -1.68. The number of methoxy groups -OCH3 is 1. The lowest BCUT2D eigenvalue weighted by atomic mass is 10.1. The Morgan fingerprint density at radius 3 is 2.70 bits per heavy atom. The van der Waals surface area contributed by atoms with Crippen molar-refractivity contribution >= 4 is 17.4 Å². The maximum atomic E-state index is 5.44. The average Bonchev–Trinajstić information content (AvgIpc) is 2.47. The molecule has 2 rings (SSSR count). The number of para-hydroxylation sites is 1. The minimum atomic E-state index is 0.694. The number of nitrogens with zero attached hydrogens (tertiary/aromatic N) is 1. The predicted molar refractivity (Wildman–Crippen MR) is 85.8 cm³/mol. The van der Waals surface area contributed by atoms with E-state index < -0.39 is 0 Å². The van der Waals surface area contributed by atoms with Crippen LogP contribution in [-0.2, 0) is 6.54 Å². The van der Waals surface area contributed by atoms with Crippen molar-refractivity contribution < 1.29 is 4.74 Å². The van der Waals surface area contributed by atoms with E-state index in [9.17, 15) is 0 Å². The van der Waals surface area contributed by atoms with Gasteiger partial charge in [-0.2, -0.15) is 0 Å². The molecule has 0 bridgehead atoms. The second-order valence-electron chi connectivity index (χ2n) is 4.60. The van der Waals surface area contributed by atoms with E-state index in [4.69, 9.17) is 4.74 Å². The van der Waals surface area contributed by atoms with Crippen LogP contribution in [0.5, 0.6) is 5.75 Å². The van der Waals surface area contributed by atoms with Gasteiger partial charge in [0.2, 0.25) is 0 Å². The molecule has 0 aliphatic carbocycles. The van der Waals surface area contributed by atoms with Crippen LogP contribution in [0.4, 0.5) is 5.69 Å². The second kappa shape index (κ2) is 6.66. The van der Waals surface area contributed by atoms with Gasteiger partial charge in [0.25, 0.3) is 0 Å². The fourth-order valence-corrected chi connectivity index (χ4v) is 2.79. The van der Waals surface area contributed by atoms with Crippen LogP contribution in [0.3, 0.4) is 0 Å². The zero-order valence-corrected chi connectivity index (χ0v) is 13.2. The number of rotatable bonds is 5. The molecule has 0 radical (unpaired) electrons. The Balaban J connectivity index is 2.19. The number of aromatic nitrogens is 1. The summed E-state index contributed by atoms with van der Waals surface area (Å²) < 4.78 is 5.44. The molecule has 0 fully saturated rings. The second-order valence-corrected chi connectivity index (χ2v) is 5.45. The van der Waals surface area contributed by atoms with E-state index >= 15 is 0 Å². The van der Waals surface area contributed by atoms with Crippen LogP contribution in [0.1, 0.15) is 16.8 Å². The quantitative estimate of drug-likeness (QED) is 0.842. The van der Waals surface area contributed by atoms with Crippen LogP contribution in [0.2, 0.25) is 0 Å². The highest BCUT2D eigenvalue weighted by atomic mass is 32.2. The van der Waals surface area contributed by atoms with Crippen molar-refractivity contribution in [1.29, 1.82) is 0 Å². The molecule has 1 aromatic carbocycles. The largest absolute Gasteiger partial charge is 0.496 e. The highest BCUT2D eigenvalue weighted by Gasteiger charge is 2.09. The molecular weight excluding hydrogens is 268 g/mol. The summed E-state index contributed by atoms with van der Waals surface area (Å²) in [5, 5.41) is 3.45. The molecule has 0 amide bonds. The number of aryl methyl sites for hydroxylation is 1. The third-order valence-electron chi connectivity index (χ3n) is 3.30. The molecular formula is C16H20N2OS. The molecule has 0 atom stereocenters. The maximum absolute atomic E-state index is 5.44. The van der Waals surface area contributed by atoms with Crippen LogP contribution < -0.4 is 10.1 Å². The van der Waals surface area contributed by atoms with Gasteiger partial charge < -0.3 is 10.1 Å². The van der Waals surface area contributed by atoms with E-state index in [1.54, 1.807) is 18.9 Å². The summed E-state index contributed by atoms with van der Waals surface area (Å²) in [5.74, 6) is 0.926. The third-order valence-corrected chi connectivity index (χ3v) is 4.10. The fraction of sp³-hybridized carbons (Fsp3) is 0.312. The minimum Gasteiger partial charge on any atom is -0.496 e. The predicted octanol–water partition coefficient (Wildman–Crippen LogP) is 4.04. The number of hydrogen-bond donors (Lipinski definition) is 1. The Labute approximate surface area is 124 Å². The standard InChI is InChI=1S/C16H20N2OS/c1-11-9-17-14(12(2)16(11)19-3)10-18-13-7-5-6-8-15(13)20-4/h5-9,18H,10H2,1-4H3. The Kier molecular flexibility index (Phi) is 4.90. The van der Waals surface area contributed by atoms with Crippen molar-refractivity contribution in [2.45, 2.75) is 25.3 Å². The lowest BCUT2D eigenvalue weighted by molar-refractivity contribution is 0.407. The molecule has 0 aliphatic heterocycles. The molecule has 106 valence electrons. The van der Waals surface area contributed by atoms with E-state index in [0.29, 0.717) is 6.54 Å². The molecule has 1 heterocycles. The molecule has 0 saturated carbocycles. The number of pyridine rings is 1. The lowest BCUT2D eigenvalue weighted by Crippen LogP contribution is -2.06. The summed E-state index contributed by atoms with van der Waals surface area (Å²) >= 11 is 1.74. The minimum absolute atomic E-state index is 0.694. The molecule has 0 aliphatic rings. The molecule has 0 unspecified atom stereocenters. The molecule has 4 heteroatoms. The Morgan fingerprint density at radius 1 is 1.25 bits per heavy atom. The number of benzene rings is 1. The van der Waals surface area contributed by atoms with Gasteiger partial charge in [-0.25, -0.2) is 0 Å². The summed E-state index contributed by atoms with van der Waals surface area (Å²) in [6.07, 6.45) is 3.95. The first-order valence-corrected chi connectivity index (χ1v) is 7.75. The van der Waals surface area contributed by atoms with Gasteiger partial charge in [-0.15, -0.1) is 11.8 Å². The number of ether oxygens (including phenoxy) is 1. The Morgan fingerprint density at radius 2 is 2.00 bits per heavy atom. The van der Waals surface area contributed by atoms with Gasteiger partial charge in [0, 0.05) is 27.9 Å². The SMILES string of the molecule is COc1c(C)cnc(CNc2ccccc2SC)c1C. The highest BCUT2D eigenvalue weighted by molar-refractivity contribution is 7.98. The summed E-state index contributed by atoms with van der Waals surface area (Å²) in [6.45, 7) is 4.76. The molecule has 3 nitrogen and oxygen atoms in total. The Bertz CT molecular complexity index is 599. The summed E-state index contributed by atoms with van der Waals surface area (Å²) in [6, 6.07) is 8.29. The van der Waals surface area contributed by atoms with Gasteiger partial charge in [-0.3, -0.25) is 4.98 Å². The van der Waals surface area contributed by atoms with Crippen molar-refractivity contribution in [3.63, 3.8) is 0 Å². The molecule has 1 N–H and O–H groups in total. The number of anilines is 1. The van der Waals surface area contributed by atoms with Crippen LogP contribution in [-0.4, -0.2) is 18.3 Å². The van der Waals surface area contributed by atoms with Gasteiger partial charge in [0.05, 0.1) is 19.3 Å². The van der Waals surface area contributed by atoms with Gasteiger partial charge in [0.1, 0.15) is 5.75 Å². The first-order chi connectivity index (χ1) is 9.67. The zero-order valence-electron chi connectivity index (χ0n) is 12.4. The van der Waals surface area contributed by atoms with E-state index in [0.717, 1.165) is 28.3 Å². The molecule has 0 saturated heterocycles. The van der Waals surface area contributed by atoms with E-state index in [2.05, 4.69) is 41.7 Å². The van der Waals surface area contributed by atoms with Gasteiger partial charge in [-0.1, -0.05) is 12.1 Å². The smallest absolute Gasteiger partial charge is 0.128 e. The van der Waals surface area contributed by atoms with Crippen LogP contribution in [0, 0.1) is 13.8 Å². The highest BCUT2D eigenvalue weighted by Crippen LogP contribution is 2.27. The third kappa shape index (κ3) is 3.07. The molecule has 20 heavy (non-hydrogen) atoms. The van der Waals surface area contributed by atoms with Crippen LogP contribution in [0.15, 0.2) is 35.4 Å². The van der Waals surface area contributed by atoms with Crippen molar-refractivity contribution in [3.05, 3.63) is 47.3 Å².